The fourth-order valence-corrected chi connectivity index (χ4v) is 12.4. The van der Waals surface area contributed by atoms with Gasteiger partial charge in [0.1, 0.15) is 16.7 Å². The van der Waals surface area contributed by atoms with E-state index in [2.05, 4.69) is 221 Å². The van der Waals surface area contributed by atoms with Crippen LogP contribution in [0, 0.1) is 0 Å². The molecule has 3 aliphatic carbocycles. The van der Waals surface area contributed by atoms with Gasteiger partial charge in [-0.15, -0.1) is 0 Å². The molecule has 1 aromatic heterocycles. The Morgan fingerprint density at radius 2 is 0.894 bits per heavy atom. The van der Waals surface area contributed by atoms with Crippen molar-refractivity contribution in [3.8, 4) is 56.0 Å². The van der Waals surface area contributed by atoms with Crippen LogP contribution in [0.25, 0.3) is 55.5 Å². The Morgan fingerprint density at radius 1 is 0.364 bits per heavy atom. The Hall–Kier alpha value is -7.88. The van der Waals surface area contributed by atoms with Crippen LogP contribution < -0.4 is 9.64 Å². The van der Waals surface area contributed by atoms with Crippen molar-refractivity contribution in [2.45, 2.75) is 43.9 Å². The van der Waals surface area contributed by atoms with Crippen molar-refractivity contribution < 1.29 is 9.15 Å². The van der Waals surface area contributed by atoms with E-state index in [-0.39, 0.29) is 10.8 Å². The molecular formula is C63H45NO2. The van der Waals surface area contributed by atoms with E-state index in [9.17, 15) is 0 Å². The van der Waals surface area contributed by atoms with Gasteiger partial charge < -0.3 is 14.1 Å². The first-order chi connectivity index (χ1) is 32.2. The summed E-state index contributed by atoms with van der Waals surface area (Å²) in [4.78, 5) is 2.47. The zero-order valence-electron chi connectivity index (χ0n) is 37.3. The van der Waals surface area contributed by atoms with Gasteiger partial charge >= 0.3 is 0 Å². The number of ether oxygens (including phenoxy) is 1. The lowest BCUT2D eigenvalue weighted by atomic mass is 9.69. The van der Waals surface area contributed by atoms with E-state index in [1.807, 2.05) is 12.1 Å². The highest BCUT2D eigenvalue weighted by Crippen LogP contribution is 2.64. The summed E-state index contributed by atoms with van der Waals surface area (Å²) < 4.78 is 13.8. The molecule has 14 rings (SSSR count). The number of nitrogens with zero attached hydrogens (tertiary/aromatic N) is 1. The normalized spacial score (nSPS) is 16.9. The predicted octanol–water partition coefficient (Wildman–Crippen LogP) is 16.7. The zero-order valence-corrected chi connectivity index (χ0v) is 37.3. The maximum atomic E-state index is 6.98. The van der Waals surface area contributed by atoms with Gasteiger partial charge in [0.25, 0.3) is 0 Å². The van der Waals surface area contributed by atoms with Crippen LogP contribution in [0.15, 0.2) is 205 Å². The Kier molecular flexibility index (Phi) is 7.45. The van der Waals surface area contributed by atoms with E-state index in [1.54, 1.807) is 0 Å². The van der Waals surface area contributed by atoms with Crippen molar-refractivity contribution in [1.82, 2.24) is 0 Å². The number of rotatable bonds is 4. The third kappa shape index (κ3) is 4.82. The number of furan rings is 1. The fourth-order valence-electron chi connectivity index (χ4n) is 12.4. The summed E-state index contributed by atoms with van der Waals surface area (Å²) in [6.45, 7) is 9.45. The number of benzene rings is 9. The maximum Gasteiger partial charge on any atom is 0.178 e. The summed E-state index contributed by atoms with van der Waals surface area (Å²) in [7, 11) is 0. The number of hydrogen-bond donors (Lipinski definition) is 0. The van der Waals surface area contributed by atoms with Crippen LogP contribution in [0.2, 0.25) is 0 Å². The molecule has 1 unspecified atom stereocenters. The molecule has 1 aliphatic heterocycles. The molecule has 0 amide bonds. The predicted molar refractivity (Wildman–Crippen MR) is 269 cm³/mol. The van der Waals surface area contributed by atoms with E-state index in [4.69, 9.17) is 9.15 Å². The van der Waals surface area contributed by atoms with Gasteiger partial charge in [0.2, 0.25) is 0 Å². The quantitative estimate of drug-likeness (QED) is 0.176. The number of fused-ring (bicyclic) bond motifs is 17. The van der Waals surface area contributed by atoms with Crippen molar-refractivity contribution >= 4 is 28.0 Å². The second-order valence-electron chi connectivity index (χ2n) is 19.6. The molecule has 0 radical (unpaired) electrons. The number of anilines is 3. The van der Waals surface area contributed by atoms with Crippen molar-refractivity contribution in [3.63, 3.8) is 0 Å². The standard InChI is InChI=1S/C63H45NO2/c1-61(2)50-22-9-5-18-43(50)46-31-28-39(35-55(46)61)38-16-15-17-40(34-38)64(42-29-32-47-44-19-6-10-23-51(44)62(3,4)56(47)37-42)41-30-33-53-49(36-41)45-20-7-11-24-52(45)63(53)54-25-12-14-27-58(54)65-59-48-21-8-13-26-57(48)66-60(59)63/h5-37H,1-4H3. The number of hydrogen-bond acceptors (Lipinski definition) is 3. The smallest absolute Gasteiger partial charge is 0.178 e. The highest BCUT2D eigenvalue weighted by molar-refractivity contribution is 5.96. The van der Waals surface area contributed by atoms with Gasteiger partial charge in [0.15, 0.2) is 11.5 Å². The van der Waals surface area contributed by atoms with Crippen molar-refractivity contribution in [3.05, 3.63) is 245 Å². The van der Waals surface area contributed by atoms with Crippen LogP contribution >= 0.6 is 0 Å². The lowest BCUT2D eigenvalue weighted by molar-refractivity contribution is 0.389. The Balaban J connectivity index is 0.982. The van der Waals surface area contributed by atoms with E-state index in [1.165, 1.54) is 77.9 Å². The fraction of sp³-hybridized carbons (Fsp3) is 0.111. The van der Waals surface area contributed by atoms with Crippen LogP contribution in [0.3, 0.4) is 0 Å². The first kappa shape index (κ1) is 37.5. The Bertz CT molecular complexity index is 3720. The third-order valence-electron chi connectivity index (χ3n) is 15.5. The van der Waals surface area contributed by atoms with Crippen LogP contribution in [0.5, 0.6) is 11.5 Å². The minimum absolute atomic E-state index is 0.0907. The lowest BCUT2D eigenvalue weighted by Gasteiger charge is -2.36. The van der Waals surface area contributed by atoms with Gasteiger partial charge in [0.05, 0.1) is 5.39 Å². The largest absolute Gasteiger partial charge is 0.455 e. The summed E-state index contributed by atoms with van der Waals surface area (Å²) in [5.41, 5.74) is 22.2. The molecule has 1 atom stereocenters. The number of para-hydroxylation sites is 2. The molecule has 3 nitrogen and oxygen atoms in total. The van der Waals surface area contributed by atoms with Gasteiger partial charge in [-0.3, -0.25) is 0 Å². The minimum atomic E-state index is -0.719. The highest BCUT2D eigenvalue weighted by atomic mass is 16.5. The molecular weight excluding hydrogens is 803 g/mol. The molecule has 0 bridgehead atoms. The van der Waals surface area contributed by atoms with Crippen molar-refractivity contribution in [2.75, 3.05) is 4.90 Å². The molecule has 1 spiro atoms. The van der Waals surface area contributed by atoms with E-state index >= 15 is 0 Å². The topological polar surface area (TPSA) is 25.6 Å². The van der Waals surface area contributed by atoms with Gasteiger partial charge in [-0.2, -0.15) is 0 Å². The maximum absolute atomic E-state index is 6.98. The minimum Gasteiger partial charge on any atom is -0.455 e. The highest BCUT2D eigenvalue weighted by Gasteiger charge is 2.54. The van der Waals surface area contributed by atoms with Crippen molar-refractivity contribution in [2.24, 2.45) is 0 Å². The average molecular weight is 848 g/mol. The SMILES string of the molecule is CC1(C)c2ccccc2-c2ccc(-c3cccc(N(c4ccc5c(c4)-c4ccccc4C54c5ccccc5Oc5c4oc4ccccc54)c4ccc5c(c4)C(C)(C)c4ccccc4-5)c3)cc21. The van der Waals surface area contributed by atoms with Crippen molar-refractivity contribution in [1.29, 1.82) is 0 Å². The van der Waals surface area contributed by atoms with Gasteiger partial charge in [-0.05, 0) is 139 Å². The first-order valence-corrected chi connectivity index (χ1v) is 23.2. The molecule has 0 fully saturated rings. The summed E-state index contributed by atoms with van der Waals surface area (Å²) in [6.07, 6.45) is 0. The second kappa shape index (κ2) is 13.1. The third-order valence-corrected chi connectivity index (χ3v) is 15.5. The first-order valence-electron chi connectivity index (χ1n) is 23.2. The van der Waals surface area contributed by atoms with Gasteiger partial charge in [-0.25, -0.2) is 0 Å². The summed E-state index contributed by atoms with van der Waals surface area (Å²) in [5, 5.41) is 0.980. The molecule has 9 aromatic carbocycles. The van der Waals surface area contributed by atoms with Gasteiger partial charge in [-0.1, -0.05) is 167 Å². The summed E-state index contributed by atoms with van der Waals surface area (Å²) >= 11 is 0. The lowest BCUT2D eigenvalue weighted by Crippen LogP contribution is -2.31. The van der Waals surface area contributed by atoms with Crippen LogP contribution in [-0.2, 0) is 16.2 Å². The van der Waals surface area contributed by atoms with E-state index in [0.717, 1.165) is 50.9 Å². The van der Waals surface area contributed by atoms with E-state index < -0.39 is 5.41 Å². The van der Waals surface area contributed by atoms with Crippen LogP contribution in [0.4, 0.5) is 17.1 Å². The molecule has 0 saturated heterocycles. The molecule has 314 valence electrons. The molecule has 3 heteroatoms. The second-order valence-corrected chi connectivity index (χ2v) is 19.6. The Labute approximate surface area is 385 Å². The molecule has 2 heterocycles. The van der Waals surface area contributed by atoms with Gasteiger partial charge in [0, 0.05) is 33.5 Å². The van der Waals surface area contributed by atoms with Crippen LogP contribution in [-0.4, -0.2) is 0 Å². The molecule has 0 saturated carbocycles. The molecule has 0 N–H and O–H groups in total. The molecule has 66 heavy (non-hydrogen) atoms. The molecule has 4 aliphatic rings. The Morgan fingerprint density at radius 3 is 1.65 bits per heavy atom. The monoisotopic (exact) mass is 847 g/mol. The molecule has 10 aromatic rings. The van der Waals surface area contributed by atoms with Crippen LogP contribution in [0.1, 0.15) is 72.4 Å². The summed E-state index contributed by atoms with van der Waals surface area (Å²) in [5.74, 6) is 2.46. The zero-order chi connectivity index (χ0) is 44.1. The summed E-state index contributed by atoms with van der Waals surface area (Å²) in [6, 6.07) is 73.8. The van der Waals surface area contributed by atoms with E-state index in [0.29, 0.717) is 0 Å². The average Bonchev–Trinajstić information content (AvgIpc) is 4.01.